The summed E-state index contributed by atoms with van der Waals surface area (Å²) < 4.78 is 35.3. The van der Waals surface area contributed by atoms with Gasteiger partial charge in [-0.3, -0.25) is 0 Å². The number of hydrogen-bond donors (Lipinski definition) is 0. The van der Waals surface area contributed by atoms with Crippen molar-refractivity contribution in [2.75, 3.05) is 0 Å². The molecule has 0 aromatic rings. The molecule has 0 saturated carbocycles. The SMILES string of the molecule is [Ba+2].[Mg+2].[O-][Al]=[S].[O-][Al]=[S].[O-][Al]=[S].[O-][Al]=[S]. The van der Waals surface area contributed by atoms with Crippen LogP contribution < -0.4 is 16.6 Å². The molecule has 0 heterocycles. The van der Waals surface area contributed by atoms with Gasteiger partial charge < -0.3 is 0 Å². The van der Waals surface area contributed by atoms with Crippen LogP contribution in [0.5, 0.6) is 0 Å². The van der Waals surface area contributed by atoms with Crippen molar-refractivity contribution < 1.29 is 16.6 Å². The van der Waals surface area contributed by atoms with Crippen LogP contribution in [0.2, 0.25) is 0 Å². The quantitative estimate of drug-likeness (QED) is 0.334. The first kappa shape index (κ1) is 36.3. The first-order chi connectivity index (χ1) is 5.66. The van der Waals surface area contributed by atoms with Crippen molar-refractivity contribution in [1.82, 2.24) is 0 Å². The van der Waals surface area contributed by atoms with Crippen LogP contribution in [0.25, 0.3) is 0 Å². The second kappa shape index (κ2) is 65.8. The average molecular weight is 462 g/mol. The van der Waals surface area contributed by atoms with E-state index < -0.39 is 55.6 Å². The molecular formula is Al4BaMgO4S4. The molecule has 0 aliphatic heterocycles. The molecule has 0 spiro atoms. The van der Waals surface area contributed by atoms with Gasteiger partial charge in [-0.2, -0.15) is 0 Å². The summed E-state index contributed by atoms with van der Waals surface area (Å²) in [5.41, 5.74) is 0. The first-order valence-corrected chi connectivity index (χ1v) is 11.3. The van der Waals surface area contributed by atoms with Crippen LogP contribution in [0.4, 0.5) is 0 Å². The van der Waals surface area contributed by atoms with Crippen LogP contribution in [0, 0.1) is 0 Å². The van der Waals surface area contributed by atoms with Gasteiger partial charge in [0.05, 0.1) is 0 Å². The van der Waals surface area contributed by atoms with Crippen LogP contribution in [0.3, 0.4) is 0 Å². The van der Waals surface area contributed by atoms with Crippen molar-refractivity contribution in [2.45, 2.75) is 0 Å². The first-order valence-electron chi connectivity index (χ1n) is 1.89. The second-order valence-corrected chi connectivity index (χ2v) is 3.46. The van der Waals surface area contributed by atoms with E-state index in [-0.39, 0.29) is 71.9 Å². The molecule has 0 saturated heterocycles. The Labute approximate surface area is 181 Å². The predicted octanol–water partition coefficient (Wildman–Crippen LogP) is -4.45. The van der Waals surface area contributed by atoms with Gasteiger partial charge in [-0.25, -0.2) is 0 Å². The van der Waals surface area contributed by atoms with Crippen molar-refractivity contribution in [1.29, 1.82) is 0 Å². The third kappa shape index (κ3) is 193. The molecule has 0 aliphatic rings. The summed E-state index contributed by atoms with van der Waals surface area (Å²) >= 11 is -3.67. The van der Waals surface area contributed by atoms with Crippen molar-refractivity contribution in [3.63, 3.8) is 0 Å². The third-order valence-corrected chi connectivity index (χ3v) is 0. The predicted molar refractivity (Wildman–Crippen MR) is 64.9 cm³/mol. The van der Waals surface area contributed by atoms with Crippen molar-refractivity contribution in [3.05, 3.63) is 0 Å². The zero-order valence-electron chi connectivity index (χ0n) is 6.99. The molecular weight excluding hydrogens is 462 g/mol. The van der Waals surface area contributed by atoms with E-state index in [1.807, 2.05) is 0 Å². The van der Waals surface area contributed by atoms with Crippen LogP contribution in [0.1, 0.15) is 0 Å². The van der Waals surface area contributed by atoms with Gasteiger partial charge in [0.1, 0.15) is 0 Å². The Morgan fingerprint density at radius 2 is 0.571 bits per heavy atom. The van der Waals surface area contributed by atoms with E-state index in [1.54, 1.807) is 0 Å². The molecule has 64 valence electrons. The van der Waals surface area contributed by atoms with E-state index in [4.69, 9.17) is 16.6 Å². The van der Waals surface area contributed by atoms with Gasteiger partial charge >= 0.3 is 186 Å². The molecule has 4 nitrogen and oxygen atoms in total. The Hall–Kier alpha value is 4.55. The second-order valence-electron chi connectivity index (χ2n) is 0.385. The minimum absolute atomic E-state index is 0. The summed E-state index contributed by atoms with van der Waals surface area (Å²) in [6.45, 7) is 0. The summed E-state index contributed by atoms with van der Waals surface area (Å²) in [5, 5.41) is 0. The monoisotopic (exact) mass is 462 g/mol. The van der Waals surface area contributed by atoms with Gasteiger partial charge in [0, 0.05) is 0 Å². The Morgan fingerprint density at radius 3 is 0.571 bits per heavy atom. The molecule has 0 fully saturated rings. The maximum absolute atomic E-state index is 8.83. The number of hydrogen-bond acceptors (Lipinski definition) is 8. The van der Waals surface area contributed by atoms with Gasteiger partial charge in [-0.05, 0) is 0 Å². The molecule has 0 unspecified atom stereocenters. The molecule has 0 bridgehead atoms. The Balaban J connectivity index is -0.0000000145. The van der Waals surface area contributed by atoms with Gasteiger partial charge in [0.2, 0.25) is 0 Å². The standard InChI is InChI=1S/4Al.Ba.Mg.4O.4S/q;;;;2*+2;4*-1;;;;. The van der Waals surface area contributed by atoms with E-state index in [2.05, 4.69) is 42.0 Å². The molecule has 14 heavy (non-hydrogen) atoms. The summed E-state index contributed by atoms with van der Waals surface area (Å²) in [4.78, 5) is 0. The summed E-state index contributed by atoms with van der Waals surface area (Å²) in [6, 6.07) is 0. The zero-order valence-corrected chi connectivity index (χ0v) is 20.7. The van der Waals surface area contributed by atoms with E-state index >= 15 is 0 Å². The van der Waals surface area contributed by atoms with Crippen LogP contribution >= 0.6 is 42.0 Å². The van der Waals surface area contributed by atoms with E-state index in [9.17, 15) is 0 Å². The van der Waals surface area contributed by atoms with Crippen LogP contribution in [-0.4, -0.2) is 128 Å². The third-order valence-electron chi connectivity index (χ3n) is 0. The Morgan fingerprint density at radius 1 is 0.571 bits per heavy atom. The van der Waals surface area contributed by atoms with E-state index in [0.29, 0.717) is 0 Å². The van der Waals surface area contributed by atoms with Gasteiger partial charge in [0.15, 0.2) is 0 Å². The normalized spacial score (nSPS) is 2.29. The van der Waals surface area contributed by atoms with Crippen molar-refractivity contribution in [2.24, 2.45) is 0 Å². The van der Waals surface area contributed by atoms with Gasteiger partial charge in [-0.1, -0.05) is 0 Å². The molecule has 14 heteroatoms. The molecule has 0 aromatic heterocycles. The van der Waals surface area contributed by atoms with Gasteiger partial charge in [0.25, 0.3) is 0 Å². The molecule has 0 aliphatic carbocycles. The van der Waals surface area contributed by atoms with E-state index in [0.717, 1.165) is 0 Å². The number of rotatable bonds is 0. The fourth-order valence-corrected chi connectivity index (χ4v) is 0. The Bertz CT molecular complexity index is 83.3. The van der Waals surface area contributed by atoms with Crippen LogP contribution in [0.15, 0.2) is 0 Å². The molecule has 0 radical (unpaired) electrons. The maximum atomic E-state index is 8.83. The minimum atomic E-state index is -0.917. The summed E-state index contributed by atoms with van der Waals surface area (Å²) in [6.07, 6.45) is 0. The van der Waals surface area contributed by atoms with Crippen LogP contribution in [-0.2, 0) is 0 Å². The van der Waals surface area contributed by atoms with Crippen molar-refractivity contribution in [3.8, 4) is 0 Å². The topological polar surface area (TPSA) is 92.2 Å². The molecule has 0 N–H and O–H groups in total. The van der Waals surface area contributed by atoms with Gasteiger partial charge in [-0.15, -0.1) is 0 Å². The summed E-state index contributed by atoms with van der Waals surface area (Å²) in [5.74, 6) is 0. The fourth-order valence-electron chi connectivity index (χ4n) is 0. The molecule has 0 aromatic carbocycles. The molecule has 0 amide bonds. The average Bonchev–Trinajstić information content (AvgIpc) is 1.92. The van der Waals surface area contributed by atoms with E-state index in [1.165, 1.54) is 0 Å². The zero-order chi connectivity index (χ0) is 10.8. The Kier molecular flexibility index (Phi) is 170. The fraction of sp³-hybridized carbons (Fsp3) is 0. The molecule has 0 rings (SSSR count). The summed E-state index contributed by atoms with van der Waals surface area (Å²) in [7, 11) is 15.7. The molecule has 0 atom stereocenters. The van der Waals surface area contributed by atoms with Crippen molar-refractivity contribution >= 4 is 170 Å².